The minimum absolute atomic E-state index is 0.0434. The lowest BCUT2D eigenvalue weighted by Gasteiger charge is -2.34. The summed E-state index contributed by atoms with van der Waals surface area (Å²) in [5, 5.41) is 9.75. The van der Waals surface area contributed by atoms with Crippen molar-refractivity contribution in [2.75, 3.05) is 20.8 Å². The van der Waals surface area contributed by atoms with E-state index in [1.54, 1.807) is 11.8 Å². The van der Waals surface area contributed by atoms with Gasteiger partial charge in [-0.3, -0.25) is 14.7 Å². The molecule has 0 N–H and O–H groups in total. The molecule has 2 aromatic heterocycles. The molecule has 1 aliphatic rings. The van der Waals surface area contributed by atoms with Gasteiger partial charge in [0, 0.05) is 55.3 Å². The van der Waals surface area contributed by atoms with Crippen LogP contribution < -0.4 is 9.47 Å². The molecule has 234 valence electrons. The quantitative estimate of drug-likeness (QED) is 0.189. The maximum atomic E-state index is 13.3. The Morgan fingerprint density at radius 3 is 2.71 bits per heavy atom. The normalized spacial score (nSPS) is 16.2. The van der Waals surface area contributed by atoms with Gasteiger partial charge in [0.05, 0.1) is 30.7 Å². The highest BCUT2D eigenvalue weighted by Gasteiger charge is 2.41. The van der Waals surface area contributed by atoms with E-state index in [0.717, 1.165) is 74.2 Å². The minimum Gasteiger partial charge on any atom is -0.496 e. The molecule has 5 aromatic rings. The predicted octanol–water partition coefficient (Wildman–Crippen LogP) is 6.34. The summed E-state index contributed by atoms with van der Waals surface area (Å²) < 4.78 is 19.5. The van der Waals surface area contributed by atoms with Gasteiger partial charge in [-0.05, 0) is 74.2 Å². The summed E-state index contributed by atoms with van der Waals surface area (Å²) in [5.74, 6) is 1.12. The van der Waals surface area contributed by atoms with Crippen molar-refractivity contribution >= 4 is 27.9 Å². The molecule has 3 heterocycles. The van der Waals surface area contributed by atoms with Gasteiger partial charge in [-0.15, -0.1) is 5.10 Å². The lowest BCUT2D eigenvalue weighted by molar-refractivity contribution is -0.151. The third-order valence-corrected chi connectivity index (χ3v) is 9.25. The van der Waals surface area contributed by atoms with Crippen molar-refractivity contribution in [3.8, 4) is 11.5 Å². The maximum Gasteiger partial charge on any atom is 0.312 e. The highest BCUT2D eigenvalue weighted by atomic mass is 16.5. The number of carbonyl (C=O) groups excluding carboxylic acids is 1. The van der Waals surface area contributed by atoms with E-state index in [1.807, 2.05) is 45.3 Å². The van der Waals surface area contributed by atoms with Crippen LogP contribution in [0.4, 0.5) is 0 Å². The van der Waals surface area contributed by atoms with E-state index in [2.05, 4.69) is 70.4 Å². The van der Waals surface area contributed by atoms with Gasteiger partial charge < -0.3 is 14.2 Å². The Balaban J connectivity index is 1.42. The van der Waals surface area contributed by atoms with Crippen LogP contribution in [-0.4, -0.2) is 57.7 Å². The first-order chi connectivity index (χ1) is 21.6. The van der Waals surface area contributed by atoms with Gasteiger partial charge in [-0.2, -0.15) is 0 Å². The van der Waals surface area contributed by atoms with Crippen LogP contribution in [0.2, 0.25) is 0 Å². The molecule has 45 heavy (non-hydrogen) atoms. The molecule has 1 aliphatic heterocycles. The van der Waals surface area contributed by atoms with E-state index in [0.29, 0.717) is 13.1 Å². The second-order valence-corrected chi connectivity index (χ2v) is 12.6. The van der Waals surface area contributed by atoms with Gasteiger partial charge in [0.15, 0.2) is 0 Å². The molecule has 0 fully saturated rings. The van der Waals surface area contributed by atoms with Gasteiger partial charge in [0.25, 0.3) is 0 Å². The van der Waals surface area contributed by atoms with Crippen molar-refractivity contribution in [1.29, 1.82) is 0 Å². The SMILES string of the molecule is CC[C@@H]1CN(Cc2cc(C(c3ccc4c(nnn4C)c3C)C(C)(C)C(=O)OC)ccc2OC)Cc2cc3ncccc3cc2O1. The van der Waals surface area contributed by atoms with Crippen LogP contribution in [0.1, 0.15) is 60.9 Å². The van der Waals surface area contributed by atoms with Crippen molar-refractivity contribution in [3.05, 3.63) is 88.6 Å². The molecular weight excluding hydrogens is 566 g/mol. The Hall–Kier alpha value is -4.50. The molecule has 0 radical (unpaired) electrons. The zero-order valence-corrected chi connectivity index (χ0v) is 27.1. The summed E-state index contributed by atoms with van der Waals surface area (Å²) >= 11 is 0. The van der Waals surface area contributed by atoms with Gasteiger partial charge in [0.2, 0.25) is 0 Å². The average molecular weight is 608 g/mol. The van der Waals surface area contributed by atoms with E-state index in [9.17, 15) is 4.79 Å². The van der Waals surface area contributed by atoms with Crippen LogP contribution in [0.25, 0.3) is 21.9 Å². The molecule has 1 unspecified atom stereocenters. The third kappa shape index (κ3) is 5.61. The molecular formula is C36H41N5O4. The van der Waals surface area contributed by atoms with Crippen molar-refractivity contribution < 1.29 is 19.0 Å². The zero-order chi connectivity index (χ0) is 31.9. The first-order valence-electron chi connectivity index (χ1n) is 15.4. The van der Waals surface area contributed by atoms with E-state index in [1.165, 1.54) is 7.11 Å². The van der Waals surface area contributed by atoms with Crippen LogP contribution >= 0.6 is 0 Å². The Morgan fingerprint density at radius 1 is 1.13 bits per heavy atom. The number of ether oxygens (including phenoxy) is 3. The van der Waals surface area contributed by atoms with E-state index in [4.69, 9.17) is 14.2 Å². The average Bonchev–Trinajstić information content (AvgIpc) is 3.33. The molecule has 0 spiro atoms. The number of methoxy groups -OCH3 is 2. The topological polar surface area (TPSA) is 91.6 Å². The van der Waals surface area contributed by atoms with Crippen molar-refractivity contribution in [1.82, 2.24) is 24.9 Å². The lowest BCUT2D eigenvalue weighted by Crippen LogP contribution is -2.34. The van der Waals surface area contributed by atoms with E-state index < -0.39 is 5.41 Å². The number of esters is 1. The number of pyridine rings is 1. The number of nitrogens with zero attached hydrogens (tertiary/aromatic N) is 5. The Labute approximate surface area is 264 Å². The van der Waals surface area contributed by atoms with E-state index >= 15 is 0 Å². The summed E-state index contributed by atoms with van der Waals surface area (Å²) in [6, 6.07) is 18.7. The number of aromatic nitrogens is 4. The summed E-state index contributed by atoms with van der Waals surface area (Å²) in [5.41, 5.74) is 7.01. The van der Waals surface area contributed by atoms with Gasteiger partial charge in [0.1, 0.15) is 23.1 Å². The predicted molar refractivity (Wildman–Crippen MR) is 174 cm³/mol. The van der Waals surface area contributed by atoms with Crippen LogP contribution in [0.3, 0.4) is 0 Å². The number of aryl methyl sites for hydroxylation is 2. The van der Waals surface area contributed by atoms with Crippen LogP contribution in [-0.2, 0) is 29.7 Å². The Morgan fingerprint density at radius 2 is 1.96 bits per heavy atom. The summed E-state index contributed by atoms with van der Waals surface area (Å²) in [6.07, 6.45) is 2.75. The number of carbonyl (C=O) groups is 1. The fourth-order valence-corrected chi connectivity index (χ4v) is 6.79. The van der Waals surface area contributed by atoms with E-state index in [-0.39, 0.29) is 18.0 Å². The summed E-state index contributed by atoms with van der Waals surface area (Å²) in [6.45, 7) is 10.2. The summed E-state index contributed by atoms with van der Waals surface area (Å²) in [7, 11) is 5.03. The molecule has 6 rings (SSSR count). The number of rotatable bonds is 8. The van der Waals surface area contributed by atoms with Crippen molar-refractivity contribution in [2.24, 2.45) is 12.5 Å². The Bertz CT molecular complexity index is 1880. The van der Waals surface area contributed by atoms with Crippen LogP contribution in [0.15, 0.2) is 60.8 Å². The van der Waals surface area contributed by atoms with Crippen LogP contribution in [0.5, 0.6) is 11.5 Å². The van der Waals surface area contributed by atoms with Gasteiger partial charge in [-0.25, -0.2) is 4.68 Å². The van der Waals surface area contributed by atoms with Crippen molar-refractivity contribution in [2.45, 2.75) is 59.2 Å². The molecule has 9 heteroatoms. The summed E-state index contributed by atoms with van der Waals surface area (Å²) in [4.78, 5) is 20.3. The lowest BCUT2D eigenvalue weighted by atomic mass is 9.70. The third-order valence-electron chi connectivity index (χ3n) is 9.25. The first kappa shape index (κ1) is 30.5. The molecule has 0 bridgehead atoms. The molecule has 0 aliphatic carbocycles. The van der Waals surface area contributed by atoms with Crippen LogP contribution in [0, 0.1) is 12.3 Å². The highest BCUT2D eigenvalue weighted by Crippen LogP contribution is 2.45. The fourth-order valence-electron chi connectivity index (χ4n) is 6.79. The maximum absolute atomic E-state index is 13.3. The molecule has 3 aromatic carbocycles. The second-order valence-electron chi connectivity index (χ2n) is 12.6. The number of benzene rings is 3. The minimum atomic E-state index is -0.877. The van der Waals surface area contributed by atoms with Crippen molar-refractivity contribution in [3.63, 3.8) is 0 Å². The van der Waals surface area contributed by atoms with Gasteiger partial charge in [-0.1, -0.05) is 36.4 Å². The zero-order valence-electron chi connectivity index (χ0n) is 27.1. The molecule has 0 amide bonds. The smallest absolute Gasteiger partial charge is 0.312 e. The monoisotopic (exact) mass is 607 g/mol. The first-order valence-corrected chi connectivity index (χ1v) is 15.4. The number of hydrogen-bond acceptors (Lipinski definition) is 8. The second kappa shape index (κ2) is 12.1. The molecule has 9 nitrogen and oxygen atoms in total. The molecule has 0 saturated heterocycles. The highest BCUT2D eigenvalue weighted by molar-refractivity contribution is 5.83. The number of fused-ring (bicyclic) bond motifs is 3. The number of hydrogen-bond donors (Lipinski definition) is 0. The largest absolute Gasteiger partial charge is 0.496 e. The molecule has 2 atom stereocenters. The fraction of sp³-hybridized carbons (Fsp3) is 0.389. The Kier molecular flexibility index (Phi) is 8.22. The standard InChI is InChI=1S/C36H41N5O4/c1-8-27-21-41(20-26-17-29-23(10-9-15-37-29)18-32(26)45-27)19-25-16-24(11-14-31(25)43-6)33(36(3,4)35(42)44-7)28-12-13-30-34(22(28)2)38-39-40(30)5/h9-18,27,33H,8,19-21H2,1-7H3/t27-,33?/m1/s1. The molecule has 0 saturated carbocycles. The van der Waals surface area contributed by atoms with Gasteiger partial charge >= 0.3 is 5.97 Å².